The number of nitrogens with zero attached hydrogens (tertiary/aromatic N) is 1. The lowest BCUT2D eigenvalue weighted by molar-refractivity contribution is -0.137. The Morgan fingerprint density at radius 2 is 1.88 bits per heavy atom. The summed E-state index contributed by atoms with van der Waals surface area (Å²) in [6.45, 7) is 0.972. The Kier molecular flexibility index (Phi) is 5.86. The number of anilines is 1. The van der Waals surface area contributed by atoms with Crippen LogP contribution in [0, 0.1) is 0 Å². The molecule has 0 aliphatic rings. The molecule has 2 rings (SSSR count). The molecule has 0 aliphatic heterocycles. The van der Waals surface area contributed by atoms with Crippen LogP contribution in [0.5, 0.6) is 0 Å². The highest BCUT2D eigenvalue weighted by Gasteiger charge is 2.34. The Morgan fingerprint density at radius 1 is 1.20 bits per heavy atom. The molecule has 10 heteroatoms. The number of thiophene rings is 1. The van der Waals surface area contributed by atoms with E-state index >= 15 is 0 Å². The Bertz CT molecular complexity index is 834. The number of halogens is 3. The van der Waals surface area contributed by atoms with Crippen LogP contribution in [-0.4, -0.2) is 31.7 Å². The number of likely N-dealkylation sites (N-methyl/N-ethyl adjacent to an activating group) is 1. The molecule has 1 N–H and O–H groups in total. The molecule has 1 heterocycles. The summed E-state index contributed by atoms with van der Waals surface area (Å²) < 4.78 is 64.6. The van der Waals surface area contributed by atoms with Gasteiger partial charge in [-0.1, -0.05) is 25.1 Å². The fourth-order valence-electron chi connectivity index (χ4n) is 2.09. The highest BCUT2D eigenvalue weighted by atomic mass is 32.2. The van der Waals surface area contributed by atoms with Crippen LogP contribution in [0.15, 0.2) is 46.0 Å². The number of alkyl halides is 3. The summed E-state index contributed by atoms with van der Waals surface area (Å²) in [5.74, 6) is -0.848. The van der Waals surface area contributed by atoms with Crippen LogP contribution < -0.4 is 5.32 Å². The van der Waals surface area contributed by atoms with E-state index in [0.717, 1.165) is 27.8 Å². The lowest BCUT2D eigenvalue weighted by atomic mass is 10.1. The largest absolute Gasteiger partial charge is 0.418 e. The molecule has 136 valence electrons. The summed E-state index contributed by atoms with van der Waals surface area (Å²) in [5, 5.41) is 3.72. The van der Waals surface area contributed by atoms with Gasteiger partial charge in [0, 0.05) is 6.54 Å². The third-order valence-electron chi connectivity index (χ3n) is 3.27. The smallest absolute Gasteiger partial charge is 0.324 e. The Labute approximate surface area is 147 Å². The van der Waals surface area contributed by atoms with Crippen molar-refractivity contribution in [2.24, 2.45) is 0 Å². The first-order valence-corrected chi connectivity index (χ1v) is 9.48. The van der Waals surface area contributed by atoms with Gasteiger partial charge in [-0.25, -0.2) is 8.42 Å². The molecule has 1 aromatic heterocycles. The van der Waals surface area contributed by atoms with Crippen molar-refractivity contribution < 1.29 is 26.4 Å². The Balaban J connectivity index is 2.17. The van der Waals surface area contributed by atoms with E-state index in [1.807, 2.05) is 0 Å². The fraction of sp³-hybridized carbons (Fsp3) is 0.267. The monoisotopic (exact) mass is 392 g/mol. The molecule has 0 saturated carbocycles. The maximum absolute atomic E-state index is 12.9. The van der Waals surface area contributed by atoms with E-state index in [1.54, 1.807) is 18.4 Å². The van der Waals surface area contributed by atoms with Crippen molar-refractivity contribution in [1.29, 1.82) is 0 Å². The van der Waals surface area contributed by atoms with Crippen molar-refractivity contribution in [3.8, 4) is 0 Å². The maximum Gasteiger partial charge on any atom is 0.418 e. The van der Waals surface area contributed by atoms with E-state index in [2.05, 4.69) is 5.32 Å². The second-order valence-electron chi connectivity index (χ2n) is 4.95. The molecule has 0 fully saturated rings. The first-order chi connectivity index (χ1) is 11.7. The number of rotatable bonds is 6. The maximum atomic E-state index is 12.9. The molecule has 2 aromatic rings. The van der Waals surface area contributed by atoms with E-state index in [9.17, 15) is 26.4 Å². The van der Waals surface area contributed by atoms with Gasteiger partial charge in [0.1, 0.15) is 4.21 Å². The van der Waals surface area contributed by atoms with Crippen LogP contribution in [0.25, 0.3) is 0 Å². The van der Waals surface area contributed by atoms with Gasteiger partial charge in [-0.2, -0.15) is 17.5 Å². The Hall–Kier alpha value is -1.91. The number of nitrogens with one attached hydrogen (secondary N) is 1. The predicted octanol–water partition coefficient (Wildman–Crippen LogP) is 3.42. The fourth-order valence-corrected chi connectivity index (χ4v) is 4.64. The number of hydrogen-bond donors (Lipinski definition) is 1. The molecule has 0 spiro atoms. The summed E-state index contributed by atoms with van der Waals surface area (Å²) >= 11 is 1.00. The van der Waals surface area contributed by atoms with E-state index < -0.39 is 39.9 Å². The van der Waals surface area contributed by atoms with E-state index in [1.165, 1.54) is 18.2 Å². The molecular formula is C15H15F3N2O3S2. The zero-order valence-corrected chi connectivity index (χ0v) is 14.7. The molecule has 1 amide bonds. The SMILES string of the molecule is CCN(CC(=O)Nc1ccccc1C(F)(F)F)S(=O)(=O)c1cccs1. The van der Waals surface area contributed by atoms with Gasteiger partial charge in [-0.15, -0.1) is 11.3 Å². The average Bonchev–Trinajstić information content (AvgIpc) is 3.07. The zero-order chi connectivity index (χ0) is 18.7. The molecule has 0 aliphatic carbocycles. The van der Waals surface area contributed by atoms with Gasteiger partial charge in [-0.3, -0.25) is 4.79 Å². The van der Waals surface area contributed by atoms with E-state index in [4.69, 9.17) is 0 Å². The second kappa shape index (κ2) is 7.54. The highest BCUT2D eigenvalue weighted by molar-refractivity contribution is 7.91. The lowest BCUT2D eigenvalue weighted by Gasteiger charge is -2.20. The predicted molar refractivity (Wildman–Crippen MR) is 88.8 cm³/mol. The van der Waals surface area contributed by atoms with Crippen molar-refractivity contribution in [3.05, 3.63) is 47.3 Å². The van der Waals surface area contributed by atoms with E-state index in [0.29, 0.717) is 0 Å². The molecule has 0 atom stereocenters. The summed E-state index contributed by atoms with van der Waals surface area (Å²) in [6.07, 6.45) is -4.63. The van der Waals surface area contributed by atoms with Gasteiger partial charge in [-0.05, 0) is 23.6 Å². The molecule has 0 radical (unpaired) electrons. The Morgan fingerprint density at radius 3 is 2.44 bits per heavy atom. The summed E-state index contributed by atoms with van der Waals surface area (Å²) in [4.78, 5) is 12.1. The van der Waals surface area contributed by atoms with Crippen molar-refractivity contribution in [2.75, 3.05) is 18.4 Å². The van der Waals surface area contributed by atoms with E-state index in [-0.39, 0.29) is 10.8 Å². The first-order valence-electron chi connectivity index (χ1n) is 7.16. The quantitative estimate of drug-likeness (QED) is 0.819. The number of amides is 1. The van der Waals surface area contributed by atoms with Crippen molar-refractivity contribution in [2.45, 2.75) is 17.3 Å². The van der Waals surface area contributed by atoms with Gasteiger partial charge in [0.25, 0.3) is 10.0 Å². The standard InChI is InChI=1S/C15H15F3N2O3S2/c1-2-20(25(22,23)14-8-5-9-24-14)10-13(21)19-12-7-4-3-6-11(12)15(16,17)18/h3-9H,2,10H2,1H3,(H,19,21). The van der Waals surface area contributed by atoms with Crippen LogP contribution in [0.1, 0.15) is 12.5 Å². The number of hydrogen-bond acceptors (Lipinski definition) is 4. The molecule has 1 aromatic carbocycles. The van der Waals surface area contributed by atoms with Gasteiger partial charge >= 0.3 is 6.18 Å². The summed E-state index contributed by atoms with van der Waals surface area (Å²) in [5.41, 5.74) is -1.41. The third-order valence-corrected chi connectivity index (χ3v) is 6.56. The highest BCUT2D eigenvalue weighted by Crippen LogP contribution is 2.34. The van der Waals surface area contributed by atoms with Gasteiger partial charge in [0.2, 0.25) is 5.91 Å². The molecule has 0 unspecified atom stereocenters. The van der Waals surface area contributed by atoms with Crippen molar-refractivity contribution >= 4 is 33.0 Å². The van der Waals surface area contributed by atoms with Gasteiger partial charge in [0.15, 0.2) is 0 Å². The van der Waals surface area contributed by atoms with Crippen molar-refractivity contribution in [1.82, 2.24) is 4.31 Å². The number of benzene rings is 1. The first kappa shape index (κ1) is 19.4. The van der Waals surface area contributed by atoms with Crippen LogP contribution >= 0.6 is 11.3 Å². The van der Waals surface area contributed by atoms with Crippen LogP contribution in [0.2, 0.25) is 0 Å². The summed E-state index contributed by atoms with van der Waals surface area (Å²) in [6, 6.07) is 7.48. The van der Waals surface area contributed by atoms with Gasteiger partial charge < -0.3 is 5.32 Å². The van der Waals surface area contributed by atoms with Crippen molar-refractivity contribution in [3.63, 3.8) is 0 Å². The lowest BCUT2D eigenvalue weighted by Crippen LogP contribution is -2.37. The minimum atomic E-state index is -4.63. The summed E-state index contributed by atoms with van der Waals surface area (Å²) in [7, 11) is -3.86. The third kappa shape index (κ3) is 4.59. The van der Waals surface area contributed by atoms with Crippen LogP contribution in [0.3, 0.4) is 0 Å². The molecule has 25 heavy (non-hydrogen) atoms. The zero-order valence-electron chi connectivity index (χ0n) is 13.1. The molecule has 0 saturated heterocycles. The molecule has 0 bridgehead atoms. The minimum absolute atomic E-state index is 0.00850. The number of sulfonamides is 1. The second-order valence-corrected chi connectivity index (χ2v) is 8.07. The average molecular weight is 392 g/mol. The van der Waals surface area contributed by atoms with Gasteiger partial charge in [0.05, 0.1) is 17.8 Å². The molecule has 5 nitrogen and oxygen atoms in total. The minimum Gasteiger partial charge on any atom is -0.324 e. The van der Waals surface area contributed by atoms with Crippen LogP contribution in [-0.2, 0) is 21.0 Å². The van der Waals surface area contributed by atoms with Crippen LogP contribution in [0.4, 0.5) is 18.9 Å². The number of para-hydroxylation sites is 1. The normalized spacial score (nSPS) is 12.4. The number of carbonyl (C=O) groups is 1. The molecular weight excluding hydrogens is 377 g/mol. The number of carbonyl (C=O) groups excluding carboxylic acids is 1. The topological polar surface area (TPSA) is 66.5 Å².